The molecule has 1 aliphatic rings. The number of aryl methyl sites for hydroxylation is 1. The minimum Gasteiger partial charge on any atom is -0.349 e. The van der Waals surface area contributed by atoms with Crippen LogP contribution < -0.4 is 16.6 Å². The van der Waals surface area contributed by atoms with Gasteiger partial charge in [0.05, 0.1) is 0 Å². The summed E-state index contributed by atoms with van der Waals surface area (Å²) in [6, 6.07) is 3.84. The van der Waals surface area contributed by atoms with Crippen LogP contribution in [0.25, 0.3) is 0 Å². The Hall–Kier alpha value is -1.62. The third kappa shape index (κ3) is 3.93. The summed E-state index contributed by atoms with van der Waals surface area (Å²) in [5, 5.41) is 3.14. The molecule has 0 bridgehead atoms. The lowest BCUT2D eigenvalue weighted by Crippen LogP contribution is -2.34. The highest BCUT2D eigenvalue weighted by atomic mass is 16.1. The first kappa shape index (κ1) is 14.8. The third-order valence-corrected chi connectivity index (χ3v) is 3.84. The first-order chi connectivity index (χ1) is 9.72. The van der Waals surface area contributed by atoms with Gasteiger partial charge in [0.1, 0.15) is 5.82 Å². The van der Waals surface area contributed by atoms with Crippen molar-refractivity contribution in [3.63, 3.8) is 0 Å². The molecule has 1 saturated carbocycles. The van der Waals surface area contributed by atoms with E-state index in [0.29, 0.717) is 17.4 Å². The Kier molecular flexibility index (Phi) is 5.35. The molecule has 1 aliphatic carbocycles. The molecule has 110 valence electrons. The molecule has 1 aromatic rings. The van der Waals surface area contributed by atoms with Crippen molar-refractivity contribution >= 4 is 11.7 Å². The Morgan fingerprint density at radius 1 is 1.30 bits per heavy atom. The number of pyridine rings is 1. The maximum atomic E-state index is 12.4. The molecule has 0 aliphatic heterocycles. The molecule has 0 radical (unpaired) electrons. The van der Waals surface area contributed by atoms with Gasteiger partial charge in [-0.3, -0.25) is 4.79 Å². The number of amides is 1. The predicted molar refractivity (Wildman–Crippen MR) is 80.4 cm³/mol. The maximum absolute atomic E-state index is 12.4. The first-order valence-electron chi connectivity index (χ1n) is 7.51. The number of hydrogen-bond acceptors (Lipinski definition) is 4. The molecule has 0 atom stereocenters. The Morgan fingerprint density at radius 3 is 2.60 bits per heavy atom. The molecule has 5 nitrogen and oxygen atoms in total. The number of rotatable bonds is 4. The van der Waals surface area contributed by atoms with Crippen molar-refractivity contribution in [1.29, 1.82) is 0 Å². The van der Waals surface area contributed by atoms with Gasteiger partial charge in [0, 0.05) is 17.3 Å². The molecule has 1 fully saturated rings. The zero-order chi connectivity index (χ0) is 14.4. The van der Waals surface area contributed by atoms with E-state index in [4.69, 9.17) is 5.84 Å². The maximum Gasteiger partial charge on any atom is 0.251 e. The average molecular weight is 276 g/mol. The van der Waals surface area contributed by atoms with Gasteiger partial charge in [-0.25, -0.2) is 10.8 Å². The molecule has 5 heteroatoms. The molecule has 2 rings (SSSR count). The first-order valence-corrected chi connectivity index (χ1v) is 7.51. The summed E-state index contributed by atoms with van der Waals surface area (Å²) in [5.74, 6) is 5.92. The number of hydrazine groups is 1. The van der Waals surface area contributed by atoms with E-state index in [0.717, 1.165) is 25.0 Å². The van der Waals surface area contributed by atoms with Gasteiger partial charge < -0.3 is 10.7 Å². The summed E-state index contributed by atoms with van der Waals surface area (Å²) in [7, 11) is 0. The Balaban J connectivity index is 2.07. The standard InChI is InChI=1S/C15H24N4O/c1-2-12-9-11(10-14(17-12)19-16)15(20)18-13-7-5-3-4-6-8-13/h9-10,13H,2-8,16H2,1H3,(H,17,19)(H,18,20). The van der Waals surface area contributed by atoms with Gasteiger partial charge in [0.15, 0.2) is 0 Å². The van der Waals surface area contributed by atoms with E-state index >= 15 is 0 Å². The fourth-order valence-corrected chi connectivity index (χ4v) is 2.67. The van der Waals surface area contributed by atoms with Crippen LogP contribution in [0, 0.1) is 0 Å². The van der Waals surface area contributed by atoms with E-state index in [2.05, 4.69) is 15.7 Å². The highest BCUT2D eigenvalue weighted by Crippen LogP contribution is 2.18. The van der Waals surface area contributed by atoms with Crippen LogP contribution in [-0.2, 0) is 6.42 Å². The predicted octanol–water partition coefficient (Wildman–Crippen LogP) is 2.38. The topological polar surface area (TPSA) is 80.0 Å². The summed E-state index contributed by atoms with van der Waals surface area (Å²) in [5.41, 5.74) is 4.02. The minimum absolute atomic E-state index is 0.0227. The second kappa shape index (κ2) is 7.24. The second-order valence-electron chi connectivity index (χ2n) is 5.39. The monoisotopic (exact) mass is 276 g/mol. The number of hydrogen-bond donors (Lipinski definition) is 3. The molecular formula is C15H24N4O. The van der Waals surface area contributed by atoms with Crippen LogP contribution in [-0.4, -0.2) is 16.9 Å². The molecule has 1 aromatic heterocycles. The van der Waals surface area contributed by atoms with Crippen molar-refractivity contribution in [3.8, 4) is 0 Å². The fraction of sp³-hybridized carbons (Fsp3) is 0.600. The average Bonchev–Trinajstić information content (AvgIpc) is 2.75. The summed E-state index contributed by atoms with van der Waals surface area (Å²) in [4.78, 5) is 16.7. The van der Waals surface area contributed by atoms with Crippen LogP contribution in [0.15, 0.2) is 12.1 Å². The summed E-state index contributed by atoms with van der Waals surface area (Å²) in [6.07, 6.45) is 7.91. The Bertz CT molecular complexity index is 431. The molecular weight excluding hydrogens is 252 g/mol. The van der Waals surface area contributed by atoms with Crippen molar-refractivity contribution in [3.05, 3.63) is 23.4 Å². The smallest absolute Gasteiger partial charge is 0.251 e. The highest BCUT2D eigenvalue weighted by Gasteiger charge is 2.16. The van der Waals surface area contributed by atoms with E-state index in [1.165, 1.54) is 25.7 Å². The van der Waals surface area contributed by atoms with Gasteiger partial charge in [-0.1, -0.05) is 32.6 Å². The van der Waals surface area contributed by atoms with Crippen LogP contribution in [0.1, 0.15) is 61.5 Å². The molecule has 0 saturated heterocycles. The molecule has 1 amide bonds. The van der Waals surface area contributed by atoms with Crippen LogP contribution >= 0.6 is 0 Å². The lowest BCUT2D eigenvalue weighted by Gasteiger charge is -2.16. The van der Waals surface area contributed by atoms with Gasteiger partial charge in [0.25, 0.3) is 5.91 Å². The zero-order valence-electron chi connectivity index (χ0n) is 12.1. The summed E-state index contributed by atoms with van der Waals surface area (Å²) >= 11 is 0. The number of carbonyl (C=O) groups excluding carboxylic acids is 1. The van der Waals surface area contributed by atoms with Crippen molar-refractivity contribution in [2.45, 2.75) is 57.9 Å². The second-order valence-corrected chi connectivity index (χ2v) is 5.39. The van der Waals surface area contributed by atoms with Gasteiger partial charge in [-0.15, -0.1) is 0 Å². The highest BCUT2D eigenvalue weighted by molar-refractivity contribution is 5.95. The largest absolute Gasteiger partial charge is 0.349 e. The molecule has 4 N–H and O–H groups in total. The number of nitrogens with one attached hydrogen (secondary N) is 2. The van der Waals surface area contributed by atoms with Crippen LogP contribution in [0.3, 0.4) is 0 Å². The number of nitrogens with two attached hydrogens (primary N) is 1. The normalized spacial score (nSPS) is 16.5. The number of carbonyl (C=O) groups is 1. The van der Waals surface area contributed by atoms with E-state index in [1.807, 2.05) is 13.0 Å². The number of anilines is 1. The van der Waals surface area contributed by atoms with Crippen molar-refractivity contribution in [2.24, 2.45) is 5.84 Å². The minimum atomic E-state index is -0.0227. The lowest BCUT2D eigenvalue weighted by molar-refractivity contribution is 0.0933. The van der Waals surface area contributed by atoms with Gasteiger partial charge in [-0.05, 0) is 31.4 Å². The molecule has 0 spiro atoms. The Labute approximate surface area is 120 Å². The molecule has 1 heterocycles. The fourth-order valence-electron chi connectivity index (χ4n) is 2.67. The van der Waals surface area contributed by atoms with E-state index in [-0.39, 0.29) is 5.91 Å². The number of aromatic nitrogens is 1. The van der Waals surface area contributed by atoms with Crippen molar-refractivity contribution in [2.75, 3.05) is 5.43 Å². The van der Waals surface area contributed by atoms with E-state index in [1.54, 1.807) is 6.07 Å². The molecule has 0 unspecified atom stereocenters. The van der Waals surface area contributed by atoms with Crippen molar-refractivity contribution in [1.82, 2.24) is 10.3 Å². The summed E-state index contributed by atoms with van der Waals surface area (Å²) < 4.78 is 0. The SMILES string of the molecule is CCc1cc(C(=O)NC2CCCCCC2)cc(NN)n1. The van der Waals surface area contributed by atoms with Gasteiger partial charge in [0.2, 0.25) is 0 Å². The lowest BCUT2D eigenvalue weighted by atomic mass is 10.1. The van der Waals surface area contributed by atoms with Crippen LogP contribution in [0.5, 0.6) is 0 Å². The van der Waals surface area contributed by atoms with E-state index in [9.17, 15) is 4.79 Å². The zero-order valence-corrected chi connectivity index (χ0v) is 12.1. The molecule has 20 heavy (non-hydrogen) atoms. The quantitative estimate of drug-likeness (QED) is 0.448. The number of nitrogen functional groups attached to an aromatic ring is 1. The van der Waals surface area contributed by atoms with Crippen LogP contribution in [0.2, 0.25) is 0 Å². The van der Waals surface area contributed by atoms with Gasteiger partial charge in [-0.2, -0.15) is 0 Å². The Morgan fingerprint density at radius 2 is 2.00 bits per heavy atom. The molecule has 0 aromatic carbocycles. The van der Waals surface area contributed by atoms with Gasteiger partial charge >= 0.3 is 0 Å². The number of nitrogens with zero attached hydrogens (tertiary/aromatic N) is 1. The van der Waals surface area contributed by atoms with Crippen LogP contribution in [0.4, 0.5) is 5.82 Å². The third-order valence-electron chi connectivity index (χ3n) is 3.84. The van der Waals surface area contributed by atoms with Crippen molar-refractivity contribution < 1.29 is 4.79 Å². The summed E-state index contributed by atoms with van der Waals surface area (Å²) in [6.45, 7) is 2.01. The van der Waals surface area contributed by atoms with E-state index < -0.39 is 0 Å².